The van der Waals surface area contributed by atoms with Gasteiger partial charge in [-0.2, -0.15) is 0 Å². The minimum atomic E-state index is -0.492. The highest BCUT2D eigenvalue weighted by molar-refractivity contribution is 7.80. The lowest BCUT2D eigenvalue weighted by molar-refractivity contribution is -0.127. The van der Waals surface area contributed by atoms with Gasteiger partial charge in [-0.25, -0.2) is 0 Å². The van der Waals surface area contributed by atoms with Crippen LogP contribution < -0.4 is 4.90 Å². The van der Waals surface area contributed by atoms with Gasteiger partial charge in [0.15, 0.2) is 5.11 Å². The maximum absolute atomic E-state index is 12.9. The molecule has 7 heteroatoms. The van der Waals surface area contributed by atoms with Crippen LogP contribution in [0.2, 0.25) is 5.02 Å². The van der Waals surface area contributed by atoms with Crippen LogP contribution in [-0.4, -0.2) is 28.4 Å². The van der Waals surface area contributed by atoms with Crippen LogP contribution in [-0.2, 0) is 9.59 Å². The van der Waals surface area contributed by atoms with Crippen molar-refractivity contribution in [3.63, 3.8) is 0 Å². The van der Waals surface area contributed by atoms with Gasteiger partial charge in [-0.3, -0.25) is 19.4 Å². The van der Waals surface area contributed by atoms with E-state index in [4.69, 9.17) is 28.2 Å². The van der Waals surface area contributed by atoms with Crippen molar-refractivity contribution in [1.82, 2.24) is 4.90 Å². The molecule has 3 rings (SSSR count). The van der Waals surface area contributed by atoms with Crippen LogP contribution in [0.4, 0.5) is 5.69 Å². The summed E-state index contributed by atoms with van der Waals surface area (Å²) in [7, 11) is 0. The average Bonchev–Trinajstić information content (AvgIpc) is 3.07. The summed E-state index contributed by atoms with van der Waals surface area (Å²) in [5.41, 5.74) is 0.543. The number of hydrogen-bond acceptors (Lipinski definition) is 4. The molecule has 0 radical (unpaired) electrons. The smallest absolute Gasteiger partial charge is 0.270 e. The summed E-state index contributed by atoms with van der Waals surface area (Å²) in [6.45, 7) is 2.15. The zero-order chi connectivity index (χ0) is 17.3. The second-order valence-electron chi connectivity index (χ2n) is 5.02. The fourth-order valence-corrected chi connectivity index (χ4v) is 2.91. The third kappa shape index (κ3) is 2.86. The first-order valence-corrected chi connectivity index (χ1v) is 8.02. The summed E-state index contributed by atoms with van der Waals surface area (Å²) in [5.74, 6) is -0.505. The molecule has 2 amide bonds. The minimum absolute atomic E-state index is 0.00431. The van der Waals surface area contributed by atoms with Crippen molar-refractivity contribution in [2.75, 3.05) is 11.4 Å². The lowest BCUT2D eigenvalue weighted by atomic mass is 10.1. The standard InChI is InChI=1S/C17H13ClN2O3S/c1-2-19-15(21)14(10-13-4-3-9-23-13)16(22)20(17(19)24)12-7-5-11(18)6-8-12/h3-10H,2H2,1H3. The number of hydrogen-bond donors (Lipinski definition) is 0. The number of thiocarbonyl (C=S) groups is 1. The van der Waals surface area contributed by atoms with E-state index in [1.165, 1.54) is 22.1 Å². The molecular formula is C17H13ClN2O3S. The van der Waals surface area contributed by atoms with Crippen LogP contribution in [0.25, 0.3) is 6.08 Å². The zero-order valence-electron chi connectivity index (χ0n) is 12.7. The highest BCUT2D eigenvalue weighted by atomic mass is 35.5. The third-order valence-electron chi connectivity index (χ3n) is 3.56. The summed E-state index contributed by atoms with van der Waals surface area (Å²) in [5, 5.41) is 0.690. The van der Waals surface area contributed by atoms with E-state index in [0.717, 1.165) is 0 Å². The van der Waals surface area contributed by atoms with Gasteiger partial charge in [0.1, 0.15) is 11.3 Å². The highest BCUT2D eigenvalue weighted by Crippen LogP contribution is 2.27. The summed E-state index contributed by atoms with van der Waals surface area (Å²) in [6, 6.07) is 10.0. The molecule has 1 saturated heterocycles. The maximum atomic E-state index is 12.9. The number of benzene rings is 1. The Bertz CT molecular complexity index is 828. The Morgan fingerprint density at radius 3 is 2.46 bits per heavy atom. The van der Waals surface area contributed by atoms with E-state index in [1.54, 1.807) is 43.3 Å². The SMILES string of the molecule is CCN1C(=O)C(=Cc2ccco2)C(=O)N(c2ccc(Cl)cc2)C1=S. The Labute approximate surface area is 149 Å². The Morgan fingerprint density at radius 2 is 1.88 bits per heavy atom. The number of nitrogens with zero attached hydrogens (tertiary/aromatic N) is 2. The van der Waals surface area contributed by atoms with Crippen LogP contribution in [0.1, 0.15) is 12.7 Å². The number of furan rings is 1. The van der Waals surface area contributed by atoms with Crippen molar-refractivity contribution >= 4 is 52.5 Å². The van der Waals surface area contributed by atoms with Gasteiger partial charge in [0.2, 0.25) is 0 Å². The van der Waals surface area contributed by atoms with Gasteiger partial charge in [0.05, 0.1) is 12.0 Å². The number of amides is 2. The van der Waals surface area contributed by atoms with Crippen LogP contribution in [0.3, 0.4) is 0 Å². The van der Waals surface area contributed by atoms with Gasteiger partial charge in [0.25, 0.3) is 11.8 Å². The minimum Gasteiger partial charge on any atom is -0.465 e. The molecule has 2 aromatic rings. The summed E-state index contributed by atoms with van der Waals surface area (Å²) < 4.78 is 5.22. The molecule has 122 valence electrons. The molecule has 0 saturated carbocycles. The molecule has 0 unspecified atom stereocenters. The summed E-state index contributed by atoms with van der Waals surface area (Å²) in [6.07, 6.45) is 2.90. The molecular weight excluding hydrogens is 348 g/mol. The van der Waals surface area contributed by atoms with E-state index >= 15 is 0 Å². The fourth-order valence-electron chi connectivity index (χ4n) is 2.39. The Morgan fingerprint density at radius 1 is 1.17 bits per heavy atom. The highest BCUT2D eigenvalue weighted by Gasteiger charge is 2.39. The van der Waals surface area contributed by atoms with Crippen LogP contribution in [0, 0.1) is 0 Å². The largest absolute Gasteiger partial charge is 0.465 e. The van der Waals surface area contributed by atoms with Crippen molar-refractivity contribution in [3.05, 3.63) is 59.0 Å². The molecule has 0 bridgehead atoms. The van der Waals surface area contributed by atoms with E-state index in [1.807, 2.05) is 0 Å². The summed E-state index contributed by atoms with van der Waals surface area (Å²) >= 11 is 11.2. The first-order valence-electron chi connectivity index (χ1n) is 7.24. The molecule has 0 N–H and O–H groups in total. The molecule has 1 fully saturated rings. The maximum Gasteiger partial charge on any atom is 0.270 e. The first-order chi connectivity index (χ1) is 11.5. The molecule has 1 aromatic heterocycles. The van der Waals surface area contributed by atoms with Crippen molar-refractivity contribution in [1.29, 1.82) is 0 Å². The van der Waals surface area contributed by atoms with E-state index in [2.05, 4.69) is 0 Å². The van der Waals surface area contributed by atoms with E-state index in [0.29, 0.717) is 23.0 Å². The van der Waals surface area contributed by atoms with Crippen LogP contribution in [0.5, 0.6) is 0 Å². The second kappa shape index (κ2) is 6.59. The van der Waals surface area contributed by atoms with Gasteiger partial charge in [-0.15, -0.1) is 0 Å². The Hall–Kier alpha value is -2.44. The predicted molar refractivity (Wildman–Crippen MR) is 95.6 cm³/mol. The lowest BCUT2D eigenvalue weighted by Crippen LogP contribution is -2.56. The number of rotatable bonds is 3. The van der Waals surface area contributed by atoms with Crippen LogP contribution >= 0.6 is 23.8 Å². The van der Waals surface area contributed by atoms with Crippen molar-refractivity contribution in [3.8, 4) is 0 Å². The van der Waals surface area contributed by atoms with Crippen molar-refractivity contribution in [2.24, 2.45) is 0 Å². The molecule has 0 spiro atoms. The molecule has 1 aliphatic rings. The average molecular weight is 361 g/mol. The monoisotopic (exact) mass is 360 g/mol. The normalized spacial score (nSPS) is 17.1. The molecule has 1 aliphatic heterocycles. The van der Waals surface area contributed by atoms with Gasteiger partial charge in [-0.1, -0.05) is 11.6 Å². The van der Waals surface area contributed by atoms with Crippen LogP contribution in [0.15, 0.2) is 52.7 Å². The number of halogens is 1. The molecule has 5 nitrogen and oxygen atoms in total. The molecule has 1 aromatic carbocycles. The third-order valence-corrected chi connectivity index (χ3v) is 4.22. The van der Waals surface area contributed by atoms with E-state index in [-0.39, 0.29) is 10.7 Å². The number of carbonyl (C=O) groups is 2. The lowest BCUT2D eigenvalue weighted by Gasteiger charge is -2.35. The fraction of sp³-hybridized carbons (Fsp3) is 0.118. The Balaban J connectivity index is 2.08. The Kier molecular flexibility index (Phi) is 4.51. The van der Waals surface area contributed by atoms with Gasteiger partial charge >= 0.3 is 0 Å². The number of likely N-dealkylation sites (N-methyl/N-ethyl adjacent to an activating group) is 1. The second-order valence-corrected chi connectivity index (χ2v) is 5.82. The molecule has 0 aliphatic carbocycles. The molecule has 2 heterocycles. The zero-order valence-corrected chi connectivity index (χ0v) is 14.3. The van der Waals surface area contributed by atoms with Gasteiger partial charge in [-0.05, 0) is 61.6 Å². The molecule has 24 heavy (non-hydrogen) atoms. The summed E-state index contributed by atoms with van der Waals surface area (Å²) in [4.78, 5) is 28.2. The van der Waals surface area contributed by atoms with Gasteiger partial charge in [0, 0.05) is 11.6 Å². The predicted octanol–water partition coefficient (Wildman–Crippen LogP) is 3.50. The topological polar surface area (TPSA) is 53.8 Å². The van der Waals surface area contributed by atoms with Crippen molar-refractivity contribution in [2.45, 2.75) is 6.92 Å². The van der Waals surface area contributed by atoms with Crippen molar-refractivity contribution < 1.29 is 14.0 Å². The number of carbonyl (C=O) groups excluding carboxylic acids is 2. The molecule has 0 atom stereocenters. The van der Waals surface area contributed by atoms with E-state index in [9.17, 15) is 9.59 Å². The number of anilines is 1. The first kappa shape index (κ1) is 16.4. The van der Waals surface area contributed by atoms with Gasteiger partial charge < -0.3 is 4.42 Å². The quantitative estimate of drug-likeness (QED) is 0.477. The van der Waals surface area contributed by atoms with E-state index < -0.39 is 11.8 Å².